The molecule has 6 heteroatoms. The Morgan fingerprint density at radius 1 is 1.29 bits per heavy atom. The molecule has 0 aliphatic rings. The van der Waals surface area contributed by atoms with Crippen molar-refractivity contribution in [3.63, 3.8) is 0 Å². The minimum Gasteiger partial charge on any atom is -0.492 e. The minimum absolute atomic E-state index is 0.233. The van der Waals surface area contributed by atoms with Crippen LogP contribution in [-0.4, -0.2) is 31.1 Å². The number of nitrogens with one attached hydrogen (secondary N) is 1. The molecule has 0 radical (unpaired) electrons. The van der Waals surface area contributed by atoms with Gasteiger partial charge < -0.3 is 15.0 Å². The zero-order valence-corrected chi connectivity index (χ0v) is 14.1. The van der Waals surface area contributed by atoms with E-state index in [1.54, 1.807) is 48.3 Å². The lowest BCUT2D eigenvalue weighted by Crippen LogP contribution is -2.32. The fraction of sp³-hybridized carbons (Fsp3) is 0.222. The molecule has 0 saturated carbocycles. The van der Waals surface area contributed by atoms with Gasteiger partial charge in [-0.3, -0.25) is 0 Å². The summed E-state index contributed by atoms with van der Waals surface area (Å²) in [6.45, 7) is 1.000. The highest BCUT2D eigenvalue weighted by Crippen LogP contribution is 2.23. The topological polar surface area (TPSA) is 65.4 Å². The molecule has 1 N–H and O–H groups in total. The molecule has 0 fully saturated rings. The van der Waals surface area contributed by atoms with Gasteiger partial charge in [-0.2, -0.15) is 5.26 Å². The molecule has 0 unspecified atom stereocenters. The summed E-state index contributed by atoms with van der Waals surface area (Å²) in [5.41, 5.74) is 1.10. The van der Waals surface area contributed by atoms with Gasteiger partial charge in [-0.15, -0.1) is 0 Å². The first kappa shape index (κ1) is 17.6. The number of amides is 2. The van der Waals surface area contributed by atoms with Gasteiger partial charge in [0.25, 0.3) is 0 Å². The lowest BCUT2D eigenvalue weighted by molar-refractivity contribution is 0.216. The van der Waals surface area contributed by atoms with E-state index in [1.165, 1.54) is 0 Å². The van der Waals surface area contributed by atoms with Crippen LogP contribution in [0, 0.1) is 11.3 Å². The van der Waals surface area contributed by atoms with E-state index in [4.69, 9.17) is 21.6 Å². The van der Waals surface area contributed by atoms with Gasteiger partial charge in [-0.1, -0.05) is 29.8 Å². The number of halogens is 1. The van der Waals surface area contributed by atoms with Crippen molar-refractivity contribution >= 4 is 23.3 Å². The lowest BCUT2D eigenvalue weighted by atomic mass is 10.2. The second-order valence-corrected chi connectivity index (χ2v) is 5.58. The number of carbonyl (C=O) groups is 1. The number of para-hydroxylation sites is 1. The predicted octanol–water partition coefficient (Wildman–Crippen LogP) is 4.14. The molecular formula is C18H18ClN3O2. The Morgan fingerprint density at radius 3 is 2.83 bits per heavy atom. The molecule has 2 amide bonds. The molecule has 0 heterocycles. The van der Waals surface area contributed by atoms with Crippen molar-refractivity contribution in [3.05, 3.63) is 59.1 Å². The first-order chi connectivity index (χ1) is 11.6. The maximum absolute atomic E-state index is 12.1. The van der Waals surface area contributed by atoms with Crippen LogP contribution in [0.3, 0.4) is 0 Å². The normalized spacial score (nSPS) is 9.88. The van der Waals surface area contributed by atoms with Crippen LogP contribution in [-0.2, 0) is 0 Å². The Morgan fingerprint density at radius 2 is 2.08 bits per heavy atom. The second-order valence-electron chi connectivity index (χ2n) is 5.18. The van der Waals surface area contributed by atoms with Gasteiger partial charge in [-0.05, 0) is 36.8 Å². The minimum atomic E-state index is -0.233. The van der Waals surface area contributed by atoms with E-state index in [1.807, 2.05) is 18.2 Å². The largest absolute Gasteiger partial charge is 0.492 e. The fourth-order valence-electron chi connectivity index (χ4n) is 2.03. The van der Waals surface area contributed by atoms with E-state index in [2.05, 4.69) is 5.32 Å². The highest BCUT2D eigenvalue weighted by atomic mass is 35.5. The van der Waals surface area contributed by atoms with Crippen LogP contribution >= 0.6 is 11.6 Å². The molecule has 0 aromatic heterocycles. The molecule has 0 aliphatic heterocycles. The zero-order chi connectivity index (χ0) is 17.4. The van der Waals surface area contributed by atoms with E-state index in [0.29, 0.717) is 41.6 Å². The number of benzene rings is 2. The first-order valence-electron chi connectivity index (χ1n) is 7.50. The van der Waals surface area contributed by atoms with Gasteiger partial charge in [0.1, 0.15) is 5.75 Å². The molecule has 5 nitrogen and oxygen atoms in total. The van der Waals surface area contributed by atoms with Crippen LogP contribution < -0.4 is 10.1 Å². The van der Waals surface area contributed by atoms with Crippen molar-refractivity contribution in [3.8, 4) is 11.8 Å². The summed E-state index contributed by atoms with van der Waals surface area (Å²) < 4.78 is 5.59. The van der Waals surface area contributed by atoms with Crippen LogP contribution in [0.2, 0.25) is 5.02 Å². The Kier molecular flexibility index (Phi) is 6.47. The second kappa shape index (κ2) is 8.80. The monoisotopic (exact) mass is 343 g/mol. The Bertz CT molecular complexity index is 743. The first-order valence-corrected chi connectivity index (χ1v) is 7.87. The smallest absolute Gasteiger partial charge is 0.321 e. The maximum atomic E-state index is 12.1. The zero-order valence-electron chi connectivity index (χ0n) is 13.3. The quantitative estimate of drug-likeness (QED) is 0.801. The summed E-state index contributed by atoms with van der Waals surface area (Å²) in [4.78, 5) is 13.7. The summed E-state index contributed by atoms with van der Waals surface area (Å²) in [6, 6.07) is 15.9. The highest BCUT2D eigenvalue weighted by molar-refractivity contribution is 6.32. The molecular weight excluding hydrogens is 326 g/mol. The van der Waals surface area contributed by atoms with Crippen molar-refractivity contribution in [2.45, 2.75) is 6.42 Å². The number of nitriles is 1. The van der Waals surface area contributed by atoms with E-state index in [9.17, 15) is 4.79 Å². The molecule has 0 bridgehead atoms. The molecule has 0 atom stereocenters. The average molecular weight is 344 g/mol. The van der Waals surface area contributed by atoms with Crippen LogP contribution in [0.1, 0.15) is 12.0 Å². The number of ether oxygens (including phenoxy) is 1. The van der Waals surface area contributed by atoms with Gasteiger partial charge >= 0.3 is 6.03 Å². The predicted molar refractivity (Wildman–Crippen MR) is 94.4 cm³/mol. The summed E-state index contributed by atoms with van der Waals surface area (Å²) in [5, 5.41) is 12.2. The van der Waals surface area contributed by atoms with E-state index in [-0.39, 0.29) is 6.03 Å². The average Bonchev–Trinajstić information content (AvgIpc) is 2.60. The number of nitrogens with zero attached hydrogens (tertiary/aromatic N) is 2. The van der Waals surface area contributed by atoms with Gasteiger partial charge in [-0.25, -0.2) is 4.79 Å². The van der Waals surface area contributed by atoms with Crippen LogP contribution in [0.15, 0.2) is 48.5 Å². The standard InChI is InChI=1S/C18H18ClN3O2/c1-22(10-5-11-24-17-9-3-2-8-16(17)19)18(23)21-15-7-4-6-14(12-15)13-20/h2-4,6-9,12H,5,10-11H2,1H3,(H,21,23). The summed E-state index contributed by atoms with van der Waals surface area (Å²) in [5.74, 6) is 0.639. The molecule has 2 aromatic rings. The molecule has 2 rings (SSSR count). The van der Waals surface area contributed by atoms with Crippen molar-refractivity contribution in [2.24, 2.45) is 0 Å². The fourth-order valence-corrected chi connectivity index (χ4v) is 2.22. The maximum Gasteiger partial charge on any atom is 0.321 e. The van der Waals surface area contributed by atoms with Gasteiger partial charge in [0.2, 0.25) is 0 Å². The third-order valence-electron chi connectivity index (χ3n) is 3.32. The Hall–Kier alpha value is -2.71. The van der Waals surface area contributed by atoms with E-state index < -0.39 is 0 Å². The number of hydrogen-bond donors (Lipinski definition) is 1. The lowest BCUT2D eigenvalue weighted by Gasteiger charge is -2.18. The van der Waals surface area contributed by atoms with Gasteiger partial charge in [0.05, 0.1) is 23.3 Å². The van der Waals surface area contributed by atoms with Gasteiger partial charge in [0.15, 0.2) is 0 Å². The highest BCUT2D eigenvalue weighted by Gasteiger charge is 2.09. The van der Waals surface area contributed by atoms with Crippen LogP contribution in [0.25, 0.3) is 0 Å². The van der Waals surface area contributed by atoms with Crippen molar-refractivity contribution < 1.29 is 9.53 Å². The number of hydrogen-bond acceptors (Lipinski definition) is 3. The molecule has 0 spiro atoms. The van der Waals surface area contributed by atoms with Crippen molar-refractivity contribution in [2.75, 3.05) is 25.5 Å². The van der Waals surface area contributed by atoms with E-state index in [0.717, 1.165) is 0 Å². The molecule has 2 aromatic carbocycles. The third kappa shape index (κ3) is 5.18. The molecule has 0 aliphatic carbocycles. The number of rotatable bonds is 6. The molecule has 0 saturated heterocycles. The molecule has 24 heavy (non-hydrogen) atoms. The summed E-state index contributed by atoms with van der Waals surface area (Å²) in [7, 11) is 1.71. The molecule has 124 valence electrons. The summed E-state index contributed by atoms with van der Waals surface area (Å²) in [6.07, 6.45) is 0.674. The van der Waals surface area contributed by atoms with Crippen molar-refractivity contribution in [1.29, 1.82) is 5.26 Å². The van der Waals surface area contributed by atoms with Gasteiger partial charge in [0, 0.05) is 19.3 Å². The Balaban J connectivity index is 1.75. The third-order valence-corrected chi connectivity index (χ3v) is 3.63. The number of carbonyl (C=O) groups excluding carboxylic acids is 1. The summed E-state index contributed by atoms with van der Waals surface area (Å²) >= 11 is 6.01. The SMILES string of the molecule is CN(CCCOc1ccccc1Cl)C(=O)Nc1cccc(C#N)c1. The number of urea groups is 1. The number of anilines is 1. The Labute approximate surface area is 146 Å². The van der Waals surface area contributed by atoms with Crippen molar-refractivity contribution in [1.82, 2.24) is 4.90 Å². The van der Waals surface area contributed by atoms with Crippen LogP contribution in [0.4, 0.5) is 10.5 Å². The van der Waals surface area contributed by atoms with E-state index >= 15 is 0 Å². The van der Waals surface area contributed by atoms with Crippen LogP contribution in [0.5, 0.6) is 5.75 Å².